The zero-order valence-electron chi connectivity index (χ0n) is 17.3. The molecular weight excluding hydrogens is 378 g/mol. The first-order valence-corrected chi connectivity index (χ1v) is 10.3. The van der Waals surface area contributed by atoms with Gasteiger partial charge in [-0.1, -0.05) is 0 Å². The van der Waals surface area contributed by atoms with Crippen LogP contribution in [0.5, 0.6) is 5.75 Å². The van der Waals surface area contributed by atoms with Crippen molar-refractivity contribution in [2.75, 3.05) is 17.3 Å². The Morgan fingerprint density at radius 2 is 2.10 bits per heavy atom. The monoisotopic (exact) mass is 409 g/mol. The van der Waals surface area contributed by atoms with Crippen molar-refractivity contribution in [3.63, 3.8) is 0 Å². The molecule has 0 amide bonds. The minimum atomic E-state index is 0.0357. The molecule has 30 heavy (non-hydrogen) atoms. The summed E-state index contributed by atoms with van der Waals surface area (Å²) in [5, 5.41) is 15.5. The quantitative estimate of drug-likeness (QED) is 0.328. The maximum atomic E-state index is 10.5. The summed E-state index contributed by atoms with van der Waals surface area (Å²) >= 11 is 0. The Balaban J connectivity index is 1.56. The van der Waals surface area contributed by atoms with Crippen LogP contribution in [0.4, 0.5) is 11.5 Å². The molecule has 8 heteroatoms. The Morgan fingerprint density at radius 1 is 1.33 bits per heavy atom. The van der Waals surface area contributed by atoms with Gasteiger partial charge in [-0.3, -0.25) is 5.01 Å². The first-order chi connectivity index (χ1) is 14.3. The fourth-order valence-corrected chi connectivity index (χ4v) is 4.26. The van der Waals surface area contributed by atoms with Gasteiger partial charge >= 0.3 is 0 Å². The third-order valence-electron chi connectivity index (χ3n) is 6.34. The van der Waals surface area contributed by atoms with Gasteiger partial charge in [0.2, 0.25) is 0 Å². The number of benzene rings is 1. The molecule has 1 aliphatic heterocycles. The molecule has 1 aliphatic carbocycles. The first-order valence-electron chi connectivity index (χ1n) is 10.3. The van der Waals surface area contributed by atoms with Crippen molar-refractivity contribution >= 4 is 23.3 Å². The highest BCUT2D eigenvalue weighted by Gasteiger charge is 2.46. The van der Waals surface area contributed by atoms with E-state index in [1.54, 1.807) is 31.2 Å². The Hall–Kier alpha value is -3.10. The van der Waals surface area contributed by atoms with Gasteiger partial charge in [0.15, 0.2) is 0 Å². The van der Waals surface area contributed by atoms with Gasteiger partial charge in [0.1, 0.15) is 11.6 Å². The van der Waals surface area contributed by atoms with E-state index < -0.39 is 0 Å². The molecule has 1 saturated carbocycles. The number of hydrazine groups is 1. The summed E-state index contributed by atoms with van der Waals surface area (Å²) in [4.78, 5) is 0. The van der Waals surface area contributed by atoms with E-state index >= 15 is 0 Å². The van der Waals surface area contributed by atoms with Crippen LogP contribution in [0.1, 0.15) is 49.8 Å². The van der Waals surface area contributed by atoms with Crippen molar-refractivity contribution in [3.05, 3.63) is 53.5 Å². The number of piperidine rings is 1. The summed E-state index contributed by atoms with van der Waals surface area (Å²) in [5.74, 6) is 6.73. The molecule has 2 fully saturated rings. The van der Waals surface area contributed by atoms with Crippen molar-refractivity contribution in [3.8, 4) is 5.75 Å². The van der Waals surface area contributed by atoms with Crippen LogP contribution in [-0.2, 0) is 0 Å². The molecule has 2 aliphatic rings. The summed E-state index contributed by atoms with van der Waals surface area (Å²) in [5.41, 5.74) is 21.7. The molecule has 0 unspecified atom stereocenters. The number of nitrogens with two attached hydrogens (primary N) is 4. The Kier molecular flexibility index (Phi) is 5.13. The molecule has 2 aromatic rings. The number of phenols is 1. The van der Waals surface area contributed by atoms with E-state index in [0.717, 1.165) is 24.9 Å². The minimum Gasteiger partial charge on any atom is -0.507 e. The average molecular weight is 410 g/mol. The molecular formula is C22H31N7O. The van der Waals surface area contributed by atoms with Gasteiger partial charge in [-0.15, -0.1) is 0 Å². The largest absolute Gasteiger partial charge is 0.507 e. The highest BCUT2D eigenvalue weighted by molar-refractivity contribution is 5.85. The molecule has 1 atom stereocenters. The van der Waals surface area contributed by atoms with Crippen molar-refractivity contribution in [2.24, 2.45) is 17.3 Å². The van der Waals surface area contributed by atoms with Crippen LogP contribution in [0.15, 0.2) is 42.4 Å². The van der Waals surface area contributed by atoms with E-state index in [4.69, 9.17) is 23.0 Å². The number of phenolic OH excluding ortho intramolecular Hbond substituents is 1. The summed E-state index contributed by atoms with van der Waals surface area (Å²) < 4.78 is 2.16. The molecule has 8 nitrogen and oxygen atoms in total. The second-order valence-electron chi connectivity index (χ2n) is 8.40. The maximum absolute atomic E-state index is 10.5. The van der Waals surface area contributed by atoms with Crippen molar-refractivity contribution in [1.82, 2.24) is 9.88 Å². The number of hydrogen-bond acceptors (Lipinski definition) is 7. The number of aromatic hydroxyl groups is 1. The maximum Gasteiger partial charge on any atom is 0.127 e. The average Bonchev–Trinajstić information content (AvgIpc) is 3.38. The zero-order valence-corrected chi connectivity index (χ0v) is 17.3. The molecule has 0 radical (unpaired) electrons. The van der Waals surface area contributed by atoms with Gasteiger partial charge in [0.25, 0.3) is 0 Å². The van der Waals surface area contributed by atoms with E-state index in [2.05, 4.69) is 9.88 Å². The number of anilines is 2. The van der Waals surface area contributed by atoms with Gasteiger partial charge < -0.3 is 32.2 Å². The third-order valence-corrected chi connectivity index (χ3v) is 6.34. The molecule has 2 heterocycles. The Bertz CT molecular complexity index is 1000. The fourth-order valence-electron chi connectivity index (χ4n) is 4.26. The lowest BCUT2D eigenvalue weighted by Gasteiger charge is -2.32. The van der Waals surface area contributed by atoms with Crippen LogP contribution in [0.25, 0.3) is 11.8 Å². The molecule has 1 aromatic carbocycles. The topological polar surface area (TPSA) is 145 Å². The Morgan fingerprint density at radius 3 is 2.77 bits per heavy atom. The van der Waals surface area contributed by atoms with Crippen LogP contribution in [-0.4, -0.2) is 21.8 Å². The summed E-state index contributed by atoms with van der Waals surface area (Å²) in [7, 11) is 0. The molecule has 4 rings (SSSR count). The molecule has 160 valence electrons. The predicted molar refractivity (Wildman–Crippen MR) is 122 cm³/mol. The van der Waals surface area contributed by atoms with Crippen LogP contribution in [0, 0.1) is 0 Å². The second-order valence-corrected chi connectivity index (χ2v) is 8.40. The molecule has 1 saturated heterocycles. The lowest BCUT2D eigenvalue weighted by Crippen LogP contribution is -2.40. The Labute approximate surface area is 176 Å². The number of rotatable bonds is 5. The summed E-state index contributed by atoms with van der Waals surface area (Å²) in [6.07, 6.45) is 9.92. The van der Waals surface area contributed by atoms with Crippen molar-refractivity contribution < 1.29 is 5.11 Å². The second kappa shape index (κ2) is 7.62. The van der Waals surface area contributed by atoms with E-state index in [9.17, 15) is 5.11 Å². The third kappa shape index (κ3) is 3.71. The molecule has 1 aromatic heterocycles. The lowest BCUT2D eigenvalue weighted by atomic mass is 9.97. The predicted octanol–water partition coefficient (Wildman–Crippen LogP) is 2.19. The van der Waals surface area contributed by atoms with Crippen LogP contribution in [0.2, 0.25) is 0 Å². The molecule has 10 N–H and O–H groups in total. The fraction of sp³-hybridized carbons (Fsp3) is 0.364. The van der Waals surface area contributed by atoms with E-state index in [1.807, 2.05) is 12.3 Å². The van der Waals surface area contributed by atoms with Crippen molar-refractivity contribution in [1.29, 1.82) is 0 Å². The number of nitrogen functional groups attached to an aromatic ring is 1. The number of allylic oxidation sites excluding steroid dienone is 1. The number of aromatic nitrogens is 1. The van der Waals surface area contributed by atoms with Gasteiger partial charge in [-0.2, -0.15) is 0 Å². The summed E-state index contributed by atoms with van der Waals surface area (Å²) in [6.45, 7) is 2.80. The van der Waals surface area contributed by atoms with Gasteiger partial charge in [0.05, 0.1) is 5.69 Å². The van der Waals surface area contributed by atoms with Crippen molar-refractivity contribution in [2.45, 2.75) is 44.2 Å². The highest BCUT2D eigenvalue weighted by Crippen LogP contribution is 2.46. The number of hydrogen-bond donors (Lipinski definition) is 6. The smallest absolute Gasteiger partial charge is 0.127 e. The van der Waals surface area contributed by atoms with E-state index in [-0.39, 0.29) is 5.75 Å². The van der Waals surface area contributed by atoms with Crippen LogP contribution < -0.4 is 33.4 Å². The standard InChI is InChI=1S/C22H31N7O/c1-14(13-23)29(26)16-2-3-18(20(30)11-16)19(24)10-15-5-9-28(21(15)25)17-4-8-27-22(12-17)6-7-22/h2-3,5,9-11,13,17,27,30H,4,6-8,12,23-26H2,1H3/b14-13-,19-10-/t17-/m0/s1. The van der Waals surface area contributed by atoms with E-state index in [1.165, 1.54) is 24.1 Å². The van der Waals surface area contributed by atoms with Crippen LogP contribution >= 0.6 is 0 Å². The highest BCUT2D eigenvalue weighted by atomic mass is 16.3. The minimum absolute atomic E-state index is 0.0357. The summed E-state index contributed by atoms with van der Waals surface area (Å²) in [6, 6.07) is 7.45. The van der Waals surface area contributed by atoms with Gasteiger partial charge in [-0.25, -0.2) is 5.84 Å². The zero-order chi connectivity index (χ0) is 21.5. The number of nitrogens with one attached hydrogen (secondary N) is 1. The van der Waals surface area contributed by atoms with Crippen LogP contribution in [0.3, 0.4) is 0 Å². The lowest BCUT2D eigenvalue weighted by molar-refractivity contribution is 0.289. The van der Waals surface area contributed by atoms with E-state index in [0.29, 0.717) is 40.0 Å². The van der Waals surface area contributed by atoms with Gasteiger partial charge in [-0.05, 0) is 63.4 Å². The normalized spacial score (nSPS) is 21.1. The van der Waals surface area contributed by atoms with Gasteiger partial charge in [0, 0.05) is 52.6 Å². The molecule has 1 spiro atoms. The number of nitrogens with zero attached hydrogens (tertiary/aromatic N) is 2. The SMILES string of the molecule is C/C(=C/N)N(N)c1ccc(/C(N)=C/c2ccn([C@H]3CCNC4(CC4)C3)c2N)c(O)c1. The molecule has 0 bridgehead atoms. The first kappa shape index (κ1) is 20.2.